The highest BCUT2D eigenvalue weighted by molar-refractivity contribution is 14.1. The molecule has 0 aliphatic rings. The molecule has 1 nitrogen and oxygen atoms in total. The van der Waals surface area contributed by atoms with Crippen molar-refractivity contribution in [2.75, 3.05) is 5.32 Å². The topological polar surface area (TPSA) is 12.0 Å². The zero-order valence-electron chi connectivity index (χ0n) is 10.3. The molecular formula is C14H15BrINS. The third kappa shape index (κ3) is 3.48. The molecule has 18 heavy (non-hydrogen) atoms. The van der Waals surface area contributed by atoms with E-state index >= 15 is 0 Å². The molecule has 1 unspecified atom stereocenters. The lowest BCUT2D eigenvalue weighted by Crippen LogP contribution is -2.04. The molecule has 96 valence electrons. The van der Waals surface area contributed by atoms with Crippen LogP contribution in [0.5, 0.6) is 0 Å². The largest absolute Gasteiger partial charge is 0.378 e. The number of nitrogens with one attached hydrogen (secondary N) is 1. The van der Waals surface area contributed by atoms with E-state index < -0.39 is 0 Å². The lowest BCUT2D eigenvalue weighted by atomic mass is 10.2. The van der Waals surface area contributed by atoms with E-state index in [1.807, 2.05) is 11.3 Å². The van der Waals surface area contributed by atoms with Crippen molar-refractivity contribution >= 4 is 55.5 Å². The van der Waals surface area contributed by atoms with Crippen LogP contribution in [0.25, 0.3) is 0 Å². The predicted molar refractivity (Wildman–Crippen MR) is 92.6 cm³/mol. The number of benzene rings is 1. The van der Waals surface area contributed by atoms with Gasteiger partial charge in [0, 0.05) is 23.5 Å². The van der Waals surface area contributed by atoms with E-state index in [0.717, 1.165) is 16.6 Å². The maximum atomic E-state index is 3.56. The van der Waals surface area contributed by atoms with Gasteiger partial charge in [0.25, 0.3) is 0 Å². The van der Waals surface area contributed by atoms with Gasteiger partial charge in [-0.25, -0.2) is 0 Å². The summed E-state index contributed by atoms with van der Waals surface area (Å²) >= 11 is 7.78. The summed E-state index contributed by atoms with van der Waals surface area (Å²) in [6.45, 7) is 4.40. The molecule has 0 amide bonds. The van der Waals surface area contributed by atoms with Crippen LogP contribution in [-0.2, 0) is 6.42 Å². The van der Waals surface area contributed by atoms with Gasteiger partial charge in [0.15, 0.2) is 0 Å². The molecule has 2 rings (SSSR count). The highest BCUT2D eigenvalue weighted by atomic mass is 127. The molecule has 1 aromatic carbocycles. The first-order valence-electron chi connectivity index (χ1n) is 5.90. The maximum Gasteiger partial charge on any atom is 0.0578 e. The van der Waals surface area contributed by atoms with Gasteiger partial charge in [0.1, 0.15) is 0 Å². The predicted octanol–water partition coefficient (Wildman–Crippen LogP) is 5.85. The van der Waals surface area contributed by atoms with Gasteiger partial charge in [-0.1, -0.05) is 6.92 Å². The molecular weight excluding hydrogens is 421 g/mol. The van der Waals surface area contributed by atoms with Gasteiger partial charge in [0.2, 0.25) is 0 Å². The van der Waals surface area contributed by atoms with E-state index in [4.69, 9.17) is 0 Å². The van der Waals surface area contributed by atoms with Gasteiger partial charge in [-0.05, 0) is 82.2 Å². The van der Waals surface area contributed by atoms with Gasteiger partial charge in [-0.3, -0.25) is 0 Å². The number of anilines is 1. The molecule has 0 spiro atoms. The minimum atomic E-state index is 0.349. The van der Waals surface area contributed by atoms with Crippen LogP contribution in [0.4, 0.5) is 5.69 Å². The number of halogens is 2. The maximum absolute atomic E-state index is 3.56. The normalized spacial score (nSPS) is 12.4. The summed E-state index contributed by atoms with van der Waals surface area (Å²) < 4.78 is 2.37. The van der Waals surface area contributed by atoms with Crippen LogP contribution < -0.4 is 5.32 Å². The lowest BCUT2D eigenvalue weighted by Gasteiger charge is -2.14. The summed E-state index contributed by atoms with van der Waals surface area (Å²) in [5.41, 5.74) is 1.15. The van der Waals surface area contributed by atoms with Crippen molar-refractivity contribution in [2.45, 2.75) is 26.3 Å². The number of hydrogen-bond acceptors (Lipinski definition) is 2. The van der Waals surface area contributed by atoms with Crippen molar-refractivity contribution in [1.29, 1.82) is 0 Å². The molecule has 0 saturated carbocycles. The zero-order valence-corrected chi connectivity index (χ0v) is 14.9. The minimum absolute atomic E-state index is 0.349. The van der Waals surface area contributed by atoms with E-state index in [1.165, 1.54) is 13.3 Å². The van der Waals surface area contributed by atoms with Crippen LogP contribution >= 0.6 is 49.9 Å². The van der Waals surface area contributed by atoms with E-state index in [9.17, 15) is 0 Å². The van der Waals surface area contributed by atoms with Gasteiger partial charge in [-0.2, -0.15) is 0 Å². The molecule has 0 bridgehead atoms. The summed E-state index contributed by atoms with van der Waals surface area (Å²) in [4.78, 5) is 2.84. The summed E-state index contributed by atoms with van der Waals surface area (Å²) in [5, 5.41) is 3.54. The molecule has 1 aromatic heterocycles. The summed E-state index contributed by atoms with van der Waals surface area (Å²) in [6.07, 6.45) is 1.12. The fourth-order valence-electron chi connectivity index (χ4n) is 1.72. The molecule has 1 heterocycles. The number of aryl methyl sites for hydroxylation is 1. The molecule has 0 aliphatic carbocycles. The van der Waals surface area contributed by atoms with Crippen molar-refractivity contribution < 1.29 is 0 Å². The summed E-state index contributed by atoms with van der Waals surface area (Å²) in [7, 11) is 0. The van der Waals surface area contributed by atoms with Gasteiger partial charge >= 0.3 is 0 Å². The third-order valence-electron chi connectivity index (χ3n) is 2.76. The Bertz CT molecular complexity index is 538. The van der Waals surface area contributed by atoms with Gasteiger partial charge in [-0.15, -0.1) is 11.3 Å². The molecule has 2 aromatic rings. The Morgan fingerprint density at radius 1 is 1.33 bits per heavy atom. The summed E-state index contributed by atoms with van der Waals surface area (Å²) in [6, 6.07) is 11.2. The monoisotopic (exact) mass is 435 g/mol. The third-order valence-corrected chi connectivity index (χ3v) is 6.51. The average molecular weight is 436 g/mol. The van der Waals surface area contributed by atoms with E-state index in [1.54, 1.807) is 0 Å². The van der Waals surface area contributed by atoms with Crippen molar-refractivity contribution in [1.82, 2.24) is 0 Å². The van der Waals surface area contributed by atoms with Gasteiger partial charge in [0.05, 0.1) is 6.04 Å². The molecule has 1 atom stereocenters. The Kier molecular flexibility index (Phi) is 5.09. The highest BCUT2D eigenvalue weighted by Gasteiger charge is 2.08. The number of hydrogen-bond donors (Lipinski definition) is 1. The Hall–Kier alpha value is -0.0700. The fraction of sp³-hybridized carbons (Fsp3) is 0.286. The van der Waals surface area contributed by atoms with Crippen molar-refractivity contribution in [3.63, 3.8) is 0 Å². The Morgan fingerprint density at radius 2 is 2.11 bits per heavy atom. The molecule has 0 aliphatic heterocycles. The first kappa shape index (κ1) is 14.3. The quantitative estimate of drug-likeness (QED) is 0.593. The minimum Gasteiger partial charge on any atom is -0.378 e. The van der Waals surface area contributed by atoms with Crippen molar-refractivity contribution in [2.24, 2.45) is 0 Å². The van der Waals surface area contributed by atoms with E-state index in [-0.39, 0.29) is 0 Å². The second-order valence-electron chi connectivity index (χ2n) is 4.15. The highest BCUT2D eigenvalue weighted by Crippen LogP contribution is 2.28. The molecule has 0 fully saturated rings. The zero-order chi connectivity index (χ0) is 13.1. The molecule has 0 saturated heterocycles. The standard InChI is InChI=1S/C14H15BrINS/c1-3-11-5-7-14(18-11)9(2)17-10-4-6-13(16)12(15)8-10/h4-9,17H,3H2,1-2H3. The second kappa shape index (κ2) is 6.39. The first-order valence-corrected chi connectivity index (χ1v) is 8.59. The van der Waals surface area contributed by atoms with Crippen LogP contribution in [0.2, 0.25) is 0 Å². The molecule has 1 N–H and O–H groups in total. The van der Waals surface area contributed by atoms with Crippen LogP contribution in [0, 0.1) is 3.57 Å². The molecule has 4 heteroatoms. The van der Waals surface area contributed by atoms with E-state index in [0.29, 0.717) is 6.04 Å². The van der Waals surface area contributed by atoms with Crippen molar-refractivity contribution in [3.05, 3.63) is 48.1 Å². The smallest absolute Gasteiger partial charge is 0.0578 e. The molecule has 0 radical (unpaired) electrons. The summed E-state index contributed by atoms with van der Waals surface area (Å²) in [5.74, 6) is 0. The Balaban J connectivity index is 2.10. The Labute approximate surface area is 134 Å². The van der Waals surface area contributed by atoms with Crippen molar-refractivity contribution in [3.8, 4) is 0 Å². The lowest BCUT2D eigenvalue weighted by molar-refractivity contribution is 0.908. The van der Waals surface area contributed by atoms with Crippen LogP contribution in [-0.4, -0.2) is 0 Å². The van der Waals surface area contributed by atoms with E-state index in [2.05, 4.69) is 88.0 Å². The fourth-order valence-corrected chi connectivity index (χ4v) is 3.39. The SMILES string of the molecule is CCc1ccc(C(C)Nc2ccc(I)c(Br)c2)s1. The average Bonchev–Trinajstić information content (AvgIpc) is 2.82. The number of rotatable bonds is 4. The number of thiophene rings is 1. The van der Waals surface area contributed by atoms with Crippen LogP contribution in [0.15, 0.2) is 34.8 Å². The Morgan fingerprint density at radius 3 is 2.72 bits per heavy atom. The van der Waals surface area contributed by atoms with Gasteiger partial charge < -0.3 is 5.32 Å². The second-order valence-corrected chi connectivity index (χ2v) is 7.37. The van der Waals surface area contributed by atoms with Crippen LogP contribution in [0.3, 0.4) is 0 Å². The first-order chi connectivity index (χ1) is 8.60. The van der Waals surface area contributed by atoms with Crippen LogP contribution in [0.1, 0.15) is 29.6 Å².